The van der Waals surface area contributed by atoms with Crippen molar-refractivity contribution in [1.82, 2.24) is 19.9 Å². The quantitative estimate of drug-likeness (QED) is 0.519. The van der Waals surface area contributed by atoms with Gasteiger partial charge in [0.15, 0.2) is 6.61 Å². The van der Waals surface area contributed by atoms with E-state index in [1.165, 1.54) is 12.1 Å². The minimum absolute atomic E-state index is 0.00176. The maximum absolute atomic E-state index is 13.6. The summed E-state index contributed by atoms with van der Waals surface area (Å²) in [5.74, 6) is 1.05. The van der Waals surface area contributed by atoms with Gasteiger partial charge in [-0.1, -0.05) is 35.5 Å². The molecule has 8 nitrogen and oxygen atoms in total. The van der Waals surface area contributed by atoms with E-state index in [0.717, 1.165) is 12.8 Å². The summed E-state index contributed by atoms with van der Waals surface area (Å²) < 4.78 is 24.6. The lowest BCUT2D eigenvalue weighted by Crippen LogP contribution is -2.47. The second kappa shape index (κ2) is 10.9. The van der Waals surface area contributed by atoms with E-state index in [0.29, 0.717) is 62.0 Å². The Bertz CT molecular complexity index is 1190. The number of carbonyl (C=O) groups is 2. The van der Waals surface area contributed by atoms with E-state index in [4.69, 9.17) is 9.26 Å². The Kier molecular flexibility index (Phi) is 7.25. The summed E-state index contributed by atoms with van der Waals surface area (Å²) in [5.41, 5.74) is 0.559. The molecule has 36 heavy (non-hydrogen) atoms. The number of aromatic nitrogens is 2. The number of likely N-dealkylation sites (tertiary alicyclic amines) is 2. The van der Waals surface area contributed by atoms with E-state index in [9.17, 15) is 14.0 Å². The van der Waals surface area contributed by atoms with Gasteiger partial charge in [0.25, 0.3) is 5.91 Å². The van der Waals surface area contributed by atoms with Crippen molar-refractivity contribution < 1.29 is 23.2 Å². The molecule has 2 aliphatic heterocycles. The number of ether oxygens (including phenoxy) is 1. The van der Waals surface area contributed by atoms with Gasteiger partial charge in [0, 0.05) is 37.7 Å². The molecule has 2 amide bonds. The molecule has 0 saturated carbocycles. The first kappa shape index (κ1) is 24.0. The molecule has 3 aromatic rings. The van der Waals surface area contributed by atoms with Crippen LogP contribution in [0.5, 0.6) is 5.75 Å². The first-order chi connectivity index (χ1) is 17.6. The van der Waals surface area contributed by atoms with Gasteiger partial charge in [-0.2, -0.15) is 4.98 Å². The molecular formula is C27H29FN4O4. The highest BCUT2D eigenvalue weighted by Crippen LogP contribution is 2.30. The molecule has 9 heteroatoms. The number of nitrogens with zero attached hydrogens (tertiary/aromatic N) is 4. The van der Waals surface area contributed by atoms with E-state index < -0.39 is 0 Å². The predicted octanol–water partition coefficient (Wildman–Crippen LogP) is 3.90. The van der Waals surface area contributed by atoms with E-state index >= 15 is 0 Å². The second-order valence-corrected chi connectivity index (χ2v) is 9.35. The van der Waals surface area contributed by atoms with Crippen LogP contribution in [0.15, 0.2) is 59.1 Å². The minimum Gasteiger partial charge on any atom is -0.484 e. The van der Waals surface area contributed by atoms with Crippen LogP contribution in [0.3, 0.4) is 0 Å². The number of hydrogen-bond donors (Lipinski definition) is 0. The van der Waals surface area contributed by atoms with Crippen LogP contribution in [-0.4, -0.2) is 64.5 Å². The van der Waals surface area contributed by atoms with Gasteiger partial charge in [-0.15, -0.1) is 0 Å². The highest BCUT2D eigenvalue weighted by molar-refractivity contribution is 5.81. The number of para-hydroxylation sites is 1. The van der Waals surface area contributed by atoms with Crippen molar-refractivity contribution in [2.24, 2.45) is 5.92 Å². The van der Waals surface area contributed by atoms with Crippen LogP contribution in [0, 0.1) is 11.7 Å². The second-order valence-electron chi connectivity index (χ2n) is 9.35. The summed E-state index contributed by atoms with van der Waals surface area (Å²) in [6.45, 7) is 2.31. The molecule has 3 heterocycles. The third-order valence-corrected chi connectivity index (χ3v) is 6.91. The summed E-state index contributed by atoms with van der Waals surface area (Å²) in [6.07, 6.45) is 2.98. The van der Waals surface area contributed by atoms with Gasteiger partial charge < -0.3 is 19.1 Å². The summed E-state index contributed by atoms with van der Waals surface area (Å²) in [4.78, 5) is 34.0. The predicted molar refractivity (Wildman–Crippen MR) is 129 cm³/mol. The topological polar surface area (TPSA) is 88.8 Å². The Hall–Kier alpha value is -3.75. The van der Waals surface area contributed by atoms with Crippen molar-refractivity contribution in [3.05, 3.63) is 66.3 Å². The largest absolute Gasteiger partial charge is 0.484 e. The lowest BCUT2D eigenvalue weighted by atomic mass is 9.92. The number of hydrogen-bond acceptors (Lipinski definition) is 6. The van der Waals surface area contributed by atoms with Crippen LogP contribution < -0.4 is 4.74 Å². The van der Waals surface area contributed by atoms with E-state index in [2.05, 4.69) is 10.1 Å². The maximum atomic E-state index is 13.6. The minimum atomic E-state index is -0.357. The summed E-state index contributed by atoms with van der Waals surface area (Å²) in [7, 11) is 0. The number of piperidine rings is 2. The van der Waals surface area contributed by atoms with Crippen molar-refractivity contribution in [2.45, 2.75) is 31.6 Å². The molecule has 2 saturated heterocycles. The zero-order valence-electron chi connectivity index (χ0n) is 20.0. The van der Waals surface area contributed by atoms with Gasteiger partial charge in [-0.3, -0.25) is 9.59 Å². The molecule has 0 N–H and O–H groups in total. The molecule has 2 aromatic carbocycles. The Balaban J connectivity index is 1.13. The lowest BCUT2D eigenvalue weighted by molar-refractivity contribution is -0.142. The van der Waals surface area contributed by atoms with Gasteiger partial charge in [0.05, 0.1) is 5.92 Å². The van der Waals surface area contributed by atoms with Crippen molar-refractivity contribution in [3.63, 3.8) is 0 Å². The van der Waals surface area contributed by atoms with Crippen molar-refractivity contribution in [3.8, 4) is 17.1 Å². The van der Waals surface area contributed by atoms with Crippen LogP contribution in [0.1, 0.15) is 37.5 Å². The molecule has 2 fully saturated rings. The van der Waals surface area contributed by atoms with Gasteiger partial charge >= 0.3 is 0 Å². The Morgan fingerprint density at radius 2 is 1.81 bits per heavy atom. The highest BCUT2D eigenvalue weighted by Gasteiger charge is 2.34. The summed E-state index contributed by atoms with van der Waals surface area (Å²) in [6, 6.07) is 15.3. The number of benzene rings is 2. The van der Waals surface area contributed by atoms with E-state index in [1.54, 1.807) is 17.0 Å². The zero-order valence-corrected chi connectivity index (χ0v) is 20.0. The fraction of sp³-hybridized carbons (Fsp3) is 0.407. The van der Waals surface area contributed by atoms with Crippen molar-refractivity contribution in [1.29, 1.82) is 0 Å². The molecule has 0 radical (unpaired) electrons. The molecule has 5 rings (SSSR count). The van der Waals surface area contributed by atoms with E-state index in [1.807, 2.05) is 35.2 Å². The monoisotopic (exact) mass is 492 g/mol. The molecule has 0 spiro atoms. The van der Waals surface area contributed by atoms with Gasteiger partial charge in [-0.05, 0) is 49.9 Å². The number of amides is 2. The van der Waals surface area contributed by atoms with Crippen LogP contribution in [0.2, 0.25) is 0 Å². The summed E-state index contributed by atoms with van der Waals surface area (Å²) in [5, 5.41) is 4.02. The van der Waals surface area contributed by atoms with Crippen molar-refractivity contribution in [2.75, 3.05) is 32.8 Å². The smallest absolute Gasteiger partial charge is 0.260 e. The summed E-state index contributed by atoms with van der Waals surface area (Å²) >= 11 is 0. The Morgan fingerprint density at radius 3 is 2.58 bits per heavy atom. The van der Waals surface area contributed by atoms with Gasteiger partial charge in [0.1, 0.15) is 11.6 Å². The number of halogens is 1. The van der Waals surface area contributed by atoms with Crippen LogP contribution in [0.25, 0.3) is 11.4 Å². The SMILES string of the molecule is O=C(COc1ccccc1)N1CCC(C(=O)N2CCCC(c3nc(-c4cccc(F)c4)no3)C2)CC1. The van der Waals surface area contributed by atoms with Crippen molar-refractivity contribution >= 4 is 11.8 Å². The first-order valence-electron chi connectivity index (χ1n) is 12.4. The van der Waals surface area contributed by atoms with Gasteiger partial charge in [0.2, 0.25) is 17.6 Å². The van der Waals surface area contributed by atoms with Crippen LogP contribution in [0.4, 0.5) is 4.39 Å². The Labute approximate surface area is 209 Å². The third-order valence-electron chi connectivity index (χ3n) is 6.91. The lowest BCUT2D eigenvalue weighted by Gasteiger charge is -2.37. The molecular weight excluding hydrogens is 463 g/mol. The van der Waals surface area contributed by atoms with Gasteiger partial charge in [-0.25, -0.2) is 4.39 Å². The Morgan fingerprint density at radius 1 is 1.00 bits per heavy atom. The molecule has 1 aromatic heterocycles. The van der Waals surface area contributed by atoms with Crippen LogP contribution >= 0.6 is 0 Å². The molecule has 0 bridgehead atoms. The fourth-order valence-corrected chi connectivity index (χ4v) is 4.91. The maximum Gasteiger partial charge on any atom is 0.260 e. The number of rotatable bonds is 6. The third kappa shape index (κ3) is 5.56. The zero-order chi connectivity index (χ0) is 24.9. The van der Waals surface area contributed by atoms with E-state index in [-0.39, 0.29) is 36.1 Å². The molecule has 1 unspecified atom stereocenters. The highest BCUT2D eigenvalue weighted by atomic mass is 19.1. The molecule has 2 aliphatic rings. The molecule has 1 atom stereocenters. The standard InChI is InChI=1S/C27H29FN4O4/c28-22-8-4-6-20(16-22)25-29-26(36-30-25)21-7-5-13-32(17-21)27(34)19-11-14-31(15-12-19)24(33)18-35-23-9-2-1-3-10-23/h1-4,6,8-10,16,19,21H,5,7,11-15,17-18H2. The fourth-order valence-electron chi connectivity index (χ4n) is 4.91. The first-order valence-corrected chi connectivity index (χ1v) is 12.4. The average Bonchev–Trinajstić information content (AvgIpc) is 3.43. The molecule has 0 aliphatic carbocycles. The average molecular weight is 493 g/mol. The normalized spacial score (nSPS) is 18.8. The number of carbonyl (C=O) groups excluding carboxylic acids is 2. The molecule has 188 valence electrons. The van der Waals surface area contributed by atoms with Crippen LogP contribution in [-0.2, 0) is 9.59 Å².